The fourth-order valence-electron chi connectivity index (χ4n) is 4.40. The van der Waals surface area contributed by atoms with Crippen LogP contribution in [0.5, 0.6) is 17.2 Å². The number of anilines is 1. The number of fused-ring (bicyclic) bond motifs is 1. The highest BCUT2D eigenvalue weighted by Gasteiger charge is 2.25. The minimum absolute atomic E-state index is 0.134. The molecule has 0 atom stereocenters. The van der Waals surface area contributed by atoms with E-state index >= 15 is 0 Å². The van der Waals surface area contributed by atoms with Crippen LogP contribution in [-0.4, -0.2) is 23.6 Å². The predicted octanol–water partition coefficient (Wildman–Crippen LogP) is 5.41. The molecule has 0 spiro atoms. The number of aromatic hydroxyl groups is 1. The lowest BCUT2D eigenvalue weighted by Crippen LogP contribution is -2.25. The van der Waals surface area contributed by atoms with Crippen molar-refractivity contribution in [2.75, 3.05) is 11.9 Å². The molecule has 0 unspecified atom stereocenters. The van der Waals surface area contributed by atoms with E-state index in [-0.39, 0.29) is 18.2 Å². The number of hydrogen-bond acceptors (Lipinski definition) is 5. The molecule has 2 N–H and O–H groups in total. The molecule has 6 nitrogen and oxygen atoms in total. The molecule has 0 aromatic heterocycles. The molecule has 35 heavy (non-hydrogen) atoms. The van der Waals surface area contributed by atoms with Gasteiger partial charge in [0, 0.05) is 11.3 Å². The lowest BCUT2D eigenvalue weighted by Gasteiger charge is -2.18. The van der Waals surface area contributed by atoms with Crippen molar-refractivity contribution >= 4 is 17.6 Å². The quantitative estimate of drug-likeness (QED) is 0.351. The normalized spacial score (nSPS) is 12.2. The maximum atomic E-state index is 13.2. The van der Waals surface area contributed by atoms with Crippen LogP contribution in [-0.2, 0) is 40.0 Å². The van der Waals surface area contributed by atoms with Crippen molar-refractivity contribution < 1.29 is 28.6 Å². The molecule has 0 bridgehead atoms. The molecule has 0 saturated carbocycles. The number of carbonyl (C=O) groups excluding carboxylic acids is 2. The number of amides is 1. The van der Waals surface area contributed by atoms with E-state index in [9.17, 15) is 19.1 Å². The third-order valence-corrected chi connectivity index (χ3v) is 6.11. The van der Waals surface area contributed by atoms with Gasteiger partial charge in [0.25, 0.3) is 0 Å². The van der Waals surface area contributed by atoms with Crippen molar-refractivity contribution in [3.8, 4) is 17.2 Å². The van der Waals surface area contributed by atoms with Gasteiger partial charge < -0.3 is 19.9 Å². The summed E-state index contributed by atoms with van der Waals surface area (Å²) >= 11 is 0. The van der Waals surface area contributed by atoms with Crippen LogP contribution in [0.2, 0.25) is 0 Å². The highest BCUT2D eigenvalue weighted by Crippen LogP contribution is 2.41. The maximum Gasteiger partial charge on any atom is 0.397 e. The average Bonchev–Trinajstić information content (AvgIpc) is 3.33. The van der Waals surface area contributed by atoms with Crippen molar-refractivity contribution in [1.82, 2.24) is 0 Å². The highest BCUT2D eigenvalue weighted by molar-refractivity contribution is 6.37. The molecule has 0 saturated heterocycles. The zero-order valence-corrected chi connectivity index (χ0v) is 19.8. The summed E-state index contributed by atoms with van der Waals surface area (Å²) in [5.74, 6) is -0.480. The van der Waals surface area contributed by atoms with Crippen LogP contribution >= 0.6 is 0 Å². The number of phenolic OH excluding ortho intramolecular Hbond substituents is 1. The number of halogens is 1. The third kappa shape index (κ3) is 5.62. The molecule has 0 heterocycles. The van der Waals surface area contributed by atoms with Crippen LogP contribution < -0.4 is 10.1 Å². The predicted molar refractivity (Wildman–Crippen MR) is 130 cm³/mol. The van der Waals surface area contributed by atoms with Gasteiger partial charge >= 0.3 is 11.9 Å². The summed E-state index contributed by atoms with van der Waals surface area (Å²) in [4.78, 5) is 23.9. The van der Waals surface area contributed by atoms with Gasteiger partial charge in [0.05, 0.1) is 6.61 Å². The Morgan fingerprint density at radius 1 is 1.03 bits per heavy atom. The molecule has 1 aliphatic carbocycles. The van der Waals surface area contributed by atoms with E-state index in [1.807, 2.05) is 19.1 Å². The summed E-state index contributed by atoms with van der Waals surface area (Å²) in [7, 11) is 0. The number of aryl methyl sites for hydroxylation is 3. The van der Waals surface area contributed by atoms with E-state index in [1.165, 1.54) is 12.1 Å². The Bertz CT molecular complexity index is 1250. The van der Waals surface area contributed by atoms with Crippen LogP contribution in [0.15, 0.2) is 48.5 Å². The first kappa shape index (κ1) is 24.3. The van der Waals surface area contributed by atoms with Crippen molar-refractivity contribution in [3.05, 3.63) is 82.2 Å². The lowest BCUT2D eigenvalue weighted by atomic mass is 10.0. The summed E-state index contributed by atoms with van der Waals surface area (Å²) in [6.45, 7) is 3.68. The lowest BCUT2D eigenvalue weighted by molar-refractivity contribution is -0.152. The van der Waals surface area contributed by atoms with Gasteiger partial charge in [-0.3, -0.25) is 4.79 Å². The van der Waals surface area contributed by atoms with Crippen LogP contribution in [0.3, 0.4) is 0 Å². The van der Waals surface area contributed by atoms with Crippen LogP contribution in [0.1, 0.15) is 41.2 Å². The molecule has 0 fully saturated rings. The van der Waals surface area contributed by atoms with Crippen molar-refractivity contribution in [3.63, 3.8) is 0 Å². The number of phenols is 1. The highest BCUT2D eigenvalue weighted by atomic mass is 19.1. The SMILES string of the molecule is CCOC(=O)C(=O)Nc1cc(C)c(Oc2ccc(O)c(CCc3ccc(F)cc3)c2)c2c1CCC2. The molecule has 0 aliphatic heterocycles. The first-order valence-corrected chi connectivity index (χ1v) is 11.7. The fourth-order valence-corrected chi connectivity index (χ4v) is 4.40. The minimum Gasteiger partial charge on any atom is -0.508 e. The Morgan fingerprint density at radius 2 is 1.77 bits per heavy atom. The smallest absolute Gasteiger partial charge is 0.397 e. The first-order chi connectivity index (χ1) is 16.9. The second-order valence-electron chi connectivity index (χ2n) is 8.57. The average molecular weight is 478 g/mol. The van der Waals surface area contributed by atoms with Gasteiger partial charge in [0.2, 0.25) is 0 Å². The van der Waals surface area contributed by atoms with E-state index < -0.39 is 11.9 Å². The Kier molecular flexibility index (Phi) is 7.34. The number of nitrogens with one attached hydrogen (secondary N) is 1. The van der Waals surface area contributed by atoms with Crippen molar-refractivity contribution in [1.29, 1.82) is 0 Å². The van der Waals surface area contributed by atoms with E-state index in [0.29, 0.717) is 24.3 Å². The Morgan fingerprint density at radius 3 is 2.51 bits per heavy atom. The number of ether oxygens (including phenoxy) is 2. The molecule has 182 valence electrons. The third-order valence-electron chi connectivity index (χ3n) is 6.11. The van der Waals surface area contributed by atoms with E-state index in [1.54, 1.807) is 31.2 Å². The Hall–Kier alpha value is -3.87. The summed E-state index contributed by atoms with van der Waals surface area (Å²) in [5, 5.41) is 13.0. The van der Waals surface area contributed by atoms with E-state index in [2.05, 4.69) is 5.32 Å². The largest absolute Gasteiger partial charge is 0.508 e. The molecule has 0 radical (unpaired) electrons. The van der Waals surface area contributed by atoms with Gasteiger partial charge in [-0.25, -0.2) is 9.18 Å². The van der Waals surface area contributed by atoms with Crippen LogP contribution in [0, 0.1) is 12.7 Å². The van der Waals surface area contributed by atoms with Gasteiger partial charge in [0.15, 0.2) is 0 Å². The minimum atomic E-state index is -0.908. The molecule has 3 aromatic carbocycles. The Labute approximate surface area is 203 Å². The summed E-state index contributed by atoms with van der Waals surface area (Å²) in [6.07, 6.45) is 3.70. The van der Waals surface area contributed by atoms with Gasteiger partial charge in [0.1, 0.15) is 23.1 Å². The molecule has 1 aliphatic rings. The standard InChI is InChI=1S/C28H28FNO5/c1-3-34-28(33)27(32)30-24-15-17(2)26(23-6-4-5-22(23)24)35-21-13-14-25(31)19(16-21)10-7-18-8-11-20(29)12-9-18/h8-9,11-16,31H,3-7,10H2,1-2H3,(H,30,32). The van der Waals surface area contributed by atoms with Gasteiger partial charge in [-0.1, -0.05) is 12.1 Å². The summed E-state index contributed by atoms with van der Waals surface area (Å²) in [5.41, 5.74) is 5.10. The zero-order chi connectivity index (χ0) is 24.9. The van der Waals surface area contributed by atoms with Gasteiger partial charge in [-0.05, 0) is 105 Å². The van der Waals surface area contributed by atoms with Crippen LogP contribution in [0.4, 0.5) is 10.1 Å². The number of carbonyl (C=O) groups is 2. The second-order valence-corrected chi connectivity index (χ2v) is 8.57. The van der Waals surface area contributed by atoms with Crippen molar-refractivity contribution in [2.24, 2.45) is 0 Å². The number of rotatable bonds is 7. The van der Waals surface area contributed by atoms with Crippen molar-refractivity contribution in [2.45, 2.75) is 46.0 Å². The monoisotopic (exact) mass is 477 g/mol. The summed E-state index contributed by atoms with van der Waals surface area (Å²) < 4.78 is 24.2. The molecule has 3 aromatic rings. The molecular weight excluding hydrogens is 449 g/mol. The van der Waals surface area contributed by atoms with Gasteiger partial charge in [-0.15, -0.1) is 0 Å². The Balaban J connectivity index is 1.54. The summed E-state index contributed by atoms with van der Waals surface area (Å²) in [6, 6.07) is 13.3. The number of hydrogen-bond donors (Lipinski definition) is 2. The zero-order valence-electron chi connectivity index (χ0n) is 19.8. The fraction of sp³-hybridized carbons (Fsp3) is 0.286. The topological polar surface area (TPSA) is 84.9 Å². The van der Waals surface area contributed by atoms with Crippen LogP contribution in [0.25, 0.3) is 0 Å². The van der Waals surface area contributed by atoms with E-state index in [0.717, 1.165) is 52.8 Å². The van der Waals surface area contributed by atoms with E-state index in [4.69, 9.17) is 9.47 Å². The molecule has 1 amide bonds. The number of benzene rings is 3. The maximum absolute atomic E-state index is 13.2. The molecular formula is C28H28FNO5. The molecule has 7 heteroatoms. The first-order valence-electron chi connectivity index (χ1n) is 11.7. The second kappa shape index (κ2) is 10.6. The molecule has 4 rings (SSSR count). The number of esters is 1. The van der Waals surface area contributed by atoms with Gasteiger partial charge in [-0.2, -0.15) is 0 Å².